The Labute approximate surface area is 163 Å². The second-order valence-corrected chi connectivity index (χ2v) is 10.5. The molecule has 0 spiro atoms. The van der Waals surface area contributed by atoms with Gasteiger partial charge in [0.1, 0.15) is 0 Å². The summed E-state index contributed by atoms with van der Waals surface area (Å²) in [5.74, 6) is -2.37. The monoisotopic (exact) mass is 430 g/mol. The van der Waals surface area contributed by atoms with Crippen molar-refractivity contribution in [1.29, 1.82) is 0 Å². The van der Waals surface area contributed by atoms with Crippen molar-refractivity contribution in [2.45, 2.75) is 16.7 Å². The van der Waals surface area contributed by atoms with Gasteiger partial charge in [-0.05, 0) is 30.3 Å². The van der Waals surface area contributed by atoms with Gasteiger partial charge >= 0.3 is 0 Å². The maximum absolute atomic E-state index is 13.4. The van der Waals surface area contributed by atoms with Crippen LogP contribution in [0.2, 0.25) is 0 Å². The summed E-state index contributed by atoms with van der Waals surface area (Å²) >= 11 is 0. The van der Waals surface area contributed by atoms with Crippen LogP contribution in [-0.2, 0) is 19.9 Å². The molecule has 2 aromatic carbocycles. The van der Waals surface area contributed by atoms with Gasteiger partial charge in [0.05, 0.1) is 21.2 Å². The van der Waals surface area contributed by atoms with Gasteiger partial charge in [0.2, 0.25) is 10.0 Å². The average Bonchev–Trinajstić information content (AvgIpc) is 2.70. The number of sulfone groups is 1. The molecule has 1 saturated heterocycles. The van der Waals surface area contributed by atoms with E-state index in [1.54, 1.807) is 31.2 Å². The number of rotatable bonds is 5. The predicted octanol–water partition coefficient (Wildman–Crippen LogP) is 2.27. The third-order valence-corrected chi connectivity index (χ3v) is 8.36. The van der Waals surface area contributed by atoms with E-state index >= 15 is 0 Å². The Morgan fingerprint density at radius 1 is 0.893 bits per heavy atom. The van der Waals surface area contributed by atoms with Crippen LogP contribution in [0.4, 0.5) is 14.5 Å². The van der Waals surface area contributed by atoms with Crippen molar-refractivity contribution < 1.29 is 25.6 Å². The highest BCUT2D eigenvalue weighted by Crippen LogP contribution is 2.28. The van der Waals surface area contributed by atoms with E-state index < -0.39 is 31.5 Å². The lowest BCUT2D eigenvalue weighted by molar-refractivity contribution is 0.383. The molecule has 0 saturated carbocycles. The molecule has 0 unspecified atom stereocenters. The highest BCUT2D eigenvalue weighted by atomic mass is 32.2. The Balaban J connectivity index is 1.81. The molecule has 1 fully saturated rings. The average molecular weight is 430 g/mol. The van der Waals surface area contributed by atoms with Crippen LogP contribution in [0.5, 0.6) is 0 Å². The molecule has 0 atom stereocenters. The van der Waals surface area contributed by atoms with Gasteiger partial charge in [-0.3, -0.25) is 0 Å². The van der Waals surface area contributed by atoms with Crippen LogP contribution < -0.4 is 4.90 Å². The Morgan fingerprint density at radius 2 is 1.54 bits per heavy atom. The Hall–Kier alpha value is -2.04. The largest absolute Gasteiger partial charge is 0.368 e. The lowest BCUT2D eigenvalue weighted by atomic mass is 10.2. The fourth-order valence-electron chi connectivity index (χ4n) is 3.09. The summed E-state index contributed by atoms with van der Waals surface area (Å²) in [4.78, 5) is 1.73. The number of anilines is 1. The Kier molecular flexibility index (Phi) is 5.74. The minimum Gasteiger partial charge on any atom is -0.368 e. The zero-order chi connectivity index (χ0) is 20.5. The van der Waals surface area contributed by atoms with Gasteiger partial charge in [-0.25, -0.2) is 25.6 Å². The number of halogens is 2. The quantitative estimate of drug-likeness (QED) is 0.728. The van der Waals surface area contributed by atoms with E-state index in [0.717, 1.165) is 12.1 Å². The molecule has 0 aromatic heterocycles. The number of hydrogen-bond donors (Lipinski definition) is 0. The first-order valence-corrected chi connectivity index (χ1v) is 11.8. The maximum Gasteiger partial charge on any atom is 0.243 e. The van der Waals surface area contributed by atoms with Crippen LogP contribution in [0.1, 0.15) is 6.92 Å². The standard InChI is InChI=1S/C18H20F2N2O4S2/c1-2-27(23,24)18-6-4-3-5-17(18)21-9-11-22(12-10-21)28(25,26)14-7-8-15(19)16(20)13-14/h3-8,13H,2,9-12H2,1H3. The van der Waals surface area contributed by atoms with E-state index in [1.165, 1.54) is 4.31 Å². The van der Waals surface area contributed by atoms with E-state index in [9.17, 15) is 25.6 Å². The first kappa shape index (κ1) is 20.7. The summed E-state index contributed by atoms with van der Waals surface area (Å²) in [6, 6.07) is 9.10. The summed E-state index contributed by atoms with van der Waals surface area (Å²) in [6.45, 7) is 2.32. The second kappa shape index (κ2) is 7.76. The number of piperazine rings is 1. The van der Waals surface area contributed by atoms with Crippen LogP contribution in [0, 0.1) is 11.6 Å². The topological polar surface area (TPSA) is 74.8 Å². The molecule has 3 rings (SSSR count). The molecule has 10 heteroatoms. The Morgan fingerprint density at radius 3 is 2.14 bits per heavy atom. The van der Waals surface area contributed by atoms with Crippen molar-refractivity contribution in [2.75, 3.05) is 36.8 Å². The SMILES string of the molecule is CCS(=O)(=O)c1ccccc1N1CCN(S(=O)(=O)c2ccc(F)c(F)c2)CC1. The van der Waals surface area contributed by atoms with Crippen LogP contribution >= 0.6 is 0 Å². The molecule has 0 aliphatic carbocycles. The van der Waals surface area contributed by atoms with E-state index in [4.69, 9.17) is 0 Å². The first-order chi connectivity index (χ1) is 13.2. The van der Waals surface area contributed by atoms with Crippen LogP contribution in [0.15, 0.2) is 52.3 Å². The van der Waals surface area contributed by atoms with Gasteiger partial charge in [-0.1, -0.05) is 19.1 Å². The molecule has 0 radical (unpaired) electrons. The van der Waals surface area contributed by atoms with E-state index in [1.807, 2.05) is 4.90 Å². The Bertz CT molecular complexity index is 1080. The van der Waals surface area contributed by atoms with E-state index in [-0.39, 0.29) is 41.7 Å². The summed E-state index contributed by atoms with van der Waals surface area (Å²) in [5.41, 5.74) is 0.536. The number of para-hydroxylation sites is 1. The van der Waals surface area contributed by atoms with Gasteiger partial charge in [0.15, 0.2) is 21.5 Å². The molecule has 0 bridgehead atoms. The van der Waals surface area contributed by atoms with Gasteiger partial charge < -0.3 is 4.90 Å². The van der Waals surface area contributed by atoms with Crippen molar-refractivity contribution in [3.05, 3.63) is 54.1 Å². The third-order valence-electron chi connectivity index (χ3n) is 4.69. The van der Waals surface area contributed by atoms with Crippen molar-refractivity contribution in [1.82, 2.24) is 4.31 Å². The van der Waals surface area contributed by atoms with Crippen LogP contribution in [0.3, 0.4) is 0 Å². The highest BCUT2D eigenvalue weighted by Gasteiger charge is 2.30. The fraction of sp³-hybridized carbons (Fsp3) is 0.333. The molecule has 1 heterocycles. The van der Waals surface area contributed by atoms with Crippen LogP contribution in [-0.4, -0.2) is 53.1 Å². The maximum atomic E-state index is 13.4. The zero-order valence-corrected chi connectivity index (χ0v) is 16.8. The predicted molar refractivity (Wildman–Crippen MR) is 101 cm³/mol. The molecule has 0 amide bonds. The molecule has 28 heavy (non-hydrogen) atoms. The van der Waals surface area contributed by atoms with Crippen molar-refractivity contribution in [3.8, 4) is 0 Å². The van der Waals surface area contributed by atoms with Gasteiger partial charge in [-0.2, -0.15) is 4.31 Å². The minimum atomic E-state index is -3.97. The number of sulfonamides is 1. The number of hydrogen-bond acceptors (Lipinski definition) is 5. The second-order valence-electron chi connectivity index (χ2n) is 6.34. The lowest BCUT2D eigenvalue weighted by Gasteiger charge is -2.36. The van der Waals surface area contributed by atoms with Crippen molar-refractivity contribution in [3.63, 3.8) is 0 Å². The molecule has 0 N–H and O–H groups in total. The summed E-state index contributed by atoms with van der Waals surface area (Å²) in [6.07, 6.45) is 0. The summed E-state index contributed by atoms with van der Waals surface area (Å²) < 4.78 is 77.8. The number of benzene rings is 2. The minimum absolute atomic E-state index is 0.0332. The summed E-state index contributed by atoms with van der Waals surface area (Å²) in [7, 11) is -7.39. The van der Waals surface area contributed by atoms with Crippen molar-refractivity contribution in [2.24, 2.45) is 0 Å². The zero-order valence-electron chi connectivity index (χ0n) is 15.2. The normalized spacial score (nSPS) is 16.3. The molecule has 152 valence electrons. The smallest absolute Gasteiger partial charge is 0.243 e. The van der Waals surface area contributed by atoms with Gasteiger partial charge in [0.25, 0.3) is 0 Å². The fourth-order valence-corrected chi connectivity index (χ4v) is 5.64. The molecule has 1 aliphatic rings. The molecule has 6 nitrogen and oxygen atoms in total. The van der Waals surface area contributed by atoms with E-state index in [2.05, 4.69) is 0 Å². The molecule has 2 aromatic rings. The van der Waals surface area contributed by atoms with Gasteiger partial charge in [-0.15, -0.1) is 0 Å². The lowest BCUT2D eigenvalue weighted by Crippen LogP contribution is -2.49. The summed E-state index contributed by atoms with van der Waals surface area (Å²) in [5, 5.41) is 0. The van der Waals surface area contributed by atoms with Gasteiger partial charge in [0, 0.05) is 26.2 Å². The molecule has 1 aliphatic heterocycles. The molecular formula is C18H20F2N2O4S2. The third kappa shape index (κ3) is 3.89. The first-order valence-electron chi connectivity index (χ1n) is 8.69. The van der Waals surface area contributed by atoms with Crippen molar-refractivity contribution >= 4 is 25.5 Å². The molecular weight excluding hydrogens is 410 g/mol. The number of nitrogens with zero attached hydrogens (tertiary/aromatic N) is 2. The van der Waals surface area contributed by atoms with E-state index in [0.29, 0.717) is 11.8 Å². The van der Waals surface area contributed by atoms with Crippen LogP contribution in [0.25, 0.3) is 0 Å². The highest BCUT2D eigenvalue weighted by molar-refractivity contribution is 7.91.